The summed E-state index contributed by atoms with van der Waals surface area (Å²) in [4.78, 5) is 11.6. The number of amides is 1. The first-order chi connectivity index (χ1) is 13.2. The topological polar surface area (TPSA) is 90.6 Å². The van der Waals surface area contributed by atoms with Crippen LogP contribution in [0.4, 0.5) is 0 Å². The third kappa shape index (κ3) is 4.52. The summed E-state index contributed by atoms with van der Waals surface area (Å²) in [5.74, 6) is 1.73. The molecule has 142 valence electrons. The van der Waals surface area contributed by atoms with E-state index in [-0.39, 0.29) is 5.91 Å². The minimum atomic E-state index is 0.0427. The Labute approximate surface area is 157 Å². The number of rotatable bonds is 9. The predicted octanol–water partition coefficient (Wildman–Crippen LogP) is 2.49. The first-order valence-corrected chi connectivity index (χ1v) is 8.98. The van der Waals surface area contributed by atoms with Gasteiger partial charge in [-0.2, -0.15) is 4.52 Å². The van der Waals surface area contributed by atoms with E-state index in [9.17, 15) is 4.79 Å². The van der Waals surface area contributed by atoms with Gasteiger partial charge in [-0.05, 0) is 24.6 Å². The molecular weight excluding hydrogens is 346 g/mol. The number of nitrogens with zero attached hydrogens (tertiary/aromatic N) is 4. The minimum Gasteiger partial charge on any atom is -0.496 e. The number of carbonyl (C=O) groups excluding carboxylic acids is 1. The zero-order valence-electron chi connectivity index (χ0n) is 15.5. The van der Waals surface area contributed by atoms with Crippen LogP contribution in [0.2, 0.25) is 0 Å². The van der Waals surface area contributed by atoms with Crippen LogP contribution in [0.15, 0.2) is 36.4 Å². The summed E-state index contributed by atoms with van der Waals surface area (Å²) in [6.07, 6.45) is 2.44. The largest absolute Gasteiger partial charge is 0.496 e. The Morgan fingerprint density at radius 2 is 2.04 bits per heavy atom. The second-order valence-corrected chi connectivity index (χ2v) is 5.97. The van der Waals surface area contributed by atoms with E-state index in [2.05, 4.69) is 27.5 Å². The van der Waals surface area contributed by atoms with Crippen molar-refractivity contribution >= 4 is 11.6 Å². The van der Waals surface area contributed by atoms with Gasteiger partial charge in [0.15, 0.2) is 11.5 Å². The molecule has 0 saturated carbocycles. The Kier molecular flexibility index (Phi) is 6.19. The van der Waals surface area contributed by atoms with Crippen LogP contribution in [0.1, 0.15) is 26.2 Å². The lowest BCUT2D eigenvalue weighted by molar-refractivity contribution is -0.121. The zero-order valence-corrected chi connectivity index (χ0v) is 15.5. The molecule has 8 heteroatoms. The normalized spacial score (nSPS) is 10.7. The fourth-order valence-corrected chi connectivity index (χ4v) is 2.62. The summed E-state index contributed by atoms with van der Waals surface area (Å²) in [6, 6.07) is 11.1. The van der Waals surface area contributed by atoms with Crippen LogP contribution >= 0.6 is 0 Å². The Balaban J connectivity index is 1.69. The van der Waals surface area contributed by atoms with Gasteiger partial charge in [-0.25, -0.2) is 0 Å². The zero-order chi connectivity index (χ0) is 19.1. The number of hydrogen-bond donors (Lipinski definition) is 1. The summed E-state index contributed by atoms with van der Waals surface area (Å²) in [7, 11) is 1.61. The van der Waals surface area contributed by atoms with E-state index >= 15 is 0 Å². The average molecular weight is 369 g/mol. The smallest absolute Gasteiger partial charge is 0.231 e. The van der Waals surface area contributed by atoms with Crippen LogP contribution in [-0.2, 0) is 4.79 Å². The number of unbranched alkanes of at least 4 members (excludes halogenated alkanes) is 1. The van der Waals surface area contributed by atoms with E-state index in [4.69, 9.17) is 9.47 Å². The van der Waals surface area contributed by atoms with Crippen molar-refractivity contribution in [3.63, 3.8) is 0 Å². The lowest BCUT2D eigenvalue weighted by Crippen LogP contribution is -2.27. The molecule has 2 heterocycles. The molecule has 0 saturated heterocycles. The lowest BCUT2D eigenvalue weighted by atomic mass is 10.2. The molecule has 0 bridgehead atoms. The maximum Gasteiger partial charge on any atom is 0.231 e. The number of carbonyl (C=O) groups is 1. The number of methoxy groups -OCH3 is 1. The molecular formula is C19H23N5O3. The fourth-order valence-electron chi connectivity index (χ4n) is 2.62. The van der Waals surface area contributed by atoms with Crippen LogP contribution in [0, 0.1) is 0 Å². The molecule has 1 N–H and O–H groups in total. The van der Waals surface area contributed by atoms with Crippen LogP contribution in [-0.4, -0.2) is 46.0 Å². The number of fused-ring (bicyclic) bond motifs is 1. The molecule has 0 aliphatic carbocycles. The van der Waals surface area contributed by atoms with Crippen molar-refractivity contribution in [1.82, 2.24) is 25.1 Å². The highest BCUT2D eigenvalue weighted by Gasteiger charge is 2.14. The van der Waals surface area contributed by atoms with Crippen LogP contribution in [0.5, 0.6) is 11.6 Å². The quantitative estimate of drug-likeness (QED) is 0.583. The van der Waals surface area contributed by atoms with E-state index in [0.717, 1.165) is 18.4 Å². The molecule has 1 aromatic carbocycles. The van der Waals surface area contributed by atoms with Crippen molar-refractivity contribution in [2.24, 2.45) is 0 Å². The number of ether oxygens (including phenoxy) is 2. The third-order valence-corrected chi connectivity index (χ3v) is 4.02. The van der Waals surface area contributed by atoms with Gasteiger partial charge in [0.1, 0.15) is 12.4 Å². The highest BCUT2D eigenvalue weighted by atomic mass is 16.5. The van der Waals surface area contributed by atoms with Crippen LogP contribution < -0.4 is 14.8 Å². The van der Waals surface area contributed by atoms with Crippen molar-refractivity contribution in [1.29, 1.82) is 0 Å². The van der Waals surface area contributed by atoms with Crippen molar-refractivity contribution in [3.05, 3.63) is 36.4 Å². The first kappa shape index (κ1) is 18.6. The molecule has 3 rings (SSSR count). The number of nitrogens with one attached hydrogen (secondary N) is 1. The highest BCUT2D eigenvalue weighted by molar-refractivity contribution is 5.75. The summed E-state index contributed by atoms with van der Waals surface area (Å²) >= 11 is 0. The molecule has 2 aromatic heterocycles. The molecule has 0 radical (unpaired) electrons. The van der Waals surface area contributed by atoms with Gasteiger partial charge in [0.05, 0.1) is 19.2 Å². The lowest BCUT2D eigenvalue weighted by Gasteiger charge is -2.08. The summed E-state index contributed by atoms with van der Waals surface area (Å²) in [5.41, 5.74) is 1.40. The number of hydrogen-bond acceptors (Lipinski definition) is 6. The van der Waals surface area contributed by atoms with Gasteiger partial charge < -0.3 is 14.8 Å². The maximum atomic E-state index is 11.6. The molecule has 0 unspecified atom stereocenters. The predicted molar refractivity (Wildman–Crippen MR) is 101 cm³/mol. The minimum absolute atomic E-state index is 0.0427. The molecule has 27 heavy (non-hydrogen) atoms. The number of benzene rings is 1. The van der Waals surface area contributed by atoms with E-state index in [1.54, 1.807) is 23.8 Å². The second-order valence-electron chi connectivity index (χ2n) is 5.97. The van der Waals surface area contributed by atoms with Gasteiger partial charge in [-0.1, -0.05) is 25.5 Å². The van der Waals surface area contributed by atoms with Crippen LogP contribution in [0.3, 0.4) is 0 Å². The first-order valence-electron chi connectivity index (χ1n) is 8.98. The Hall–Kier alpha value is -3.16. The number of aromatic nitrogens is 4. The molecule has 0 atom stereocenters. The fraction of sp³-hybridized carbons (Fsp3) is 0.368. The molecule has 0 aliphatic rings. The van der Waals surface area contributed by atoms with Crippen molar-refractivity contribution in [3.8, 4) is 23.0 Å². The van der Waals surface area contributed by atoms with Crippen LogP contribution in [0.25, 0.3) is 17.0 Å². The maximum absolute atomic E-state index is 11.6. The molecule has 3 aromatic rings. The van der Waals surface area contributed by atoms with Crippen molar-refractivity contribution < 1.29 is 14.3 Å². The average Bonchev–Trinajstić information content (AvgIpc) is 3.12. The summed E-state index contributed by atoms with van der Waals surface area (Å²) in [6.45, 7) is 2.83. The van der Waals surface area contributed by atoms with E-state index < -0.39 is 0 Å². The summed E-state index contributed by atoms with van der Waals surface area (Å²) in [5, 5.41) is 15.7. The Morgan fingerprint density at radius 1 is 1.19 bits per heavy atom. The van der Waals surface area contributed by atoms with Gasteiger partial charge in [-0.3, -0.25) is 4.79 Å². The van der Waals surface area contributed by atoms with Gasteiger partial charge in [0.2, 0.25) is 11.8 Å². The van der Waals surface area contributed by atoms with Gasteiger partial charge in [0, 0.05) is 12.5 Å². The SMILES string of the molecule is CCCCC(=O)NCCOc1ccc2nnc(-c3ccccc3OC)n2n1. The van der Waals surface area contributed by atoms with E-state index in [1.807, 2.05) is 24.3 Å². The van der Waals surface area contributed by atoms with E-state index in [1.165, 1.54) is 0 Å². The number of para-hydroxylation sites is 1. The van der Waals surface area contributed by atoms with E-state index in [0.29, 0.717) is 42.7 Å². The van der Waals surface area contributed by atoms with Crippen molar-refractivity contribution in [2.75, 3.05) is 20.3 Å². The molecule has 8 nitrogen and oxygen atoms in total. The molecule has 0 aliphatic heterocycles. The van der Waals surface area contributed by atoms with Crippen molar-refractivity contribution in [2.45, 2.75) is 26.2 Å². The molecule has 0 spiro atoms. The second kappa shape index (κ2) is 8.98. The Morgan fingerprint density at radius 3 is 2.85 bits per heavy atom. The standard InChI is InChI=1S/C19H23N5O3/c1-3-4-9-17(25)20-12-13-27-18-11-10-16-21-22-19(24(16)23-18)14-7-5-6-8-15(14)26-2/h5-8,10-11H,3-4,9,12-13H2,1-2H3,(H,20,25). The third-order valence-electron chi connectivity index (χ3n) is 4.02. The summed E-state index contributed by atoms with van der Waals surface area (Å²) < 4.78 is 12.7. The van der Waals surface area contributed by atoms with Gasteiger partial charge in [-0.15, -0.1) is 15.3 Å². The Bertz CT molecular complexity index is 909. The monoisotopic (exact) mass is 369 g/mol. The van der Waals surface area contributed by atoms with Gasteiger partial charge >= 0.3 is 0 Å². The molecule has 0 fully saturated rings. The highest BCUT2D eigenvalue weighted by Crippen LogP contribution is 2.28. The molecule has 1 amide bonds. The van der Waals surface area contributed by atoms with Gasteiger partial charge in [0.25, 0.3) is 0 Å².